The molecule has 0 unspecified atom stereocenters. The maximum absolute atomic E-state index is 9.63. The fourth-order valence-corrected chi connectivity index (χ4v) is 5.10. The third kappa shape index (κ3) is 9.43. The van der Waals surface area contributed by atoms with E-state index < -0.39 is 0 Å². The number of nitrogens with zero attached hydrogens (tertiary/aromatic N) is 9. The van der Waals surface area contributed by atoms with E-state index in [2.05, 4.69) is 36.9 Å². The van der Waals surface area contributed by atoms with Crippen LogP contribution in [0, 0.1) is 11.3 Å². The summed E-state index contributed by atoms with van der Waals surface area (Å²) in [6.45, 7) is 5.14. The second kappa shape index (κ2) is 17.2. The smallest absolute Gasteiger partial charge is 0.257 e. The molecule has 5 rings (SSSR count). The quantitative estimate of drug-likeness (QED) is 0.157. The van der Waals surface area contributed by atoms with E-state index in [-0.39, 0.29) is 6.10 Å². The highest BCUT2D eigenvalue weighted by Gasteiger charge is 2.20. The van der Waals surface area contributed by atoms with E-state index >= 15 is 0 Å². The van der Waals surface area contributed by atoms with Gasteiger partial charge in [0.2, 0.25) is 5.95 Å². The molecule has 15 nitrogen and oxygen atoms in total. The molecule has 15 heteroatoms. The highest BCUT2D eigenvalue weighted by Crippen LogP contribution is 2.33. The maximum atomic E-state index is 9.63. The number of nitrogens with one attached hydrogen (secondary N) is 1. The molecule has 0 amide bonds. The normalized spacial score (nSPS) is 14.1. The standard InChI is InChI=1S/C31H40N10O5/c1-23(20-40-22-35-38-39-40)46-29-16-24(8-9-25(29)17-32)26-18-33-31(34-19-26)36-28-21-41(27-6-4-3-5-7-27)37-30(28)45-15-14-44-13-12-43-11-10-42-2/h8-9,16,18-19,21-23,27H,3-7,10-15,20H2,1-2H3,(H,33,34,36)/t23-/m0/s1. The van der Waals surface area contributed by atoms with Crippen LogP contribution in [0.25, 0.3) is 11.1 Å². The molecule has 244 valence electrons. The van der Waals surface area contributed by atoms with E-state index in [1.165, 1.54) is 25.6 Å². The predicted octanol–water partition coefficient (Wildman–Crippen LogP) is 3.97. The second-order valence-electron chi connectivity index (χ2n) is 10.9. The number of hydrogen-bond acceptors (Lipinski definition) is 13. The van der Waals surface area contributed by atoms with Crippen molar-refractivity contribution in [3.05, 3.63) is 48.7 Å². The molecule has 1 aromatic carbocycles. The predicted molar refractivity (Wildman–Crippen MR) is 167 cm³/mol. The minimum absolute atomic E-state index is 0.272. The Bertz CT molecular complexity index is 1520. The summed E-state index contributed by atoms with van der Waals surface area (Å²) in [5.74, 6) is 1.34. The number of rotatable bonds is 18. The highest BCUT2D eigenvalue weighted by atomic mass is 16.6. The Labute approximate surface area is 267 Å². The van der Waals surface area contributed by atoms with Gasteiger partial charge in [0.1, 0.15) is 36.5 Å². The first-order valence-corrected chi connectivity index (χ1v) is 15.5. The number of ether oxygens (including phenoxy) is 5. The number of anilines is 2. The van der Waals surface area contributed by atoms with E-state index in [0.29, 0.717) is 81.1 Å². The fraction of sp³-hybridized carbons (Fsp3) is 0.516. The van der Waals surface area contributed by atoms with Gasteiger partial charge in [-0.2, -0.15) is 5.26 Å². The Hall–Kier alpha value is -4.65. The van der Waals surface area contributed by atoms with Gasteiger partial charge in [0, 0.05) is 25.1 Å². The summed E-state index contributed by atoms with van der Waals surface area (Å²) < 4.78 is 31.7. The lowest BCUT2D eigenvalue weighted by atomic mass is 9.96. The summed E-state index contributed by atoms with van der Waals surface area (Å²) in [4.78, 5) is 9.11. The molecular formula is C31H40N10O5. The summed E-state index contributed by atoms with van der Waals surface area (Å²) in [7, 11) is 1.64. The zero-order chi connectivity index (χ0) is 32.0. The van der Waals surface area contributed by atoms with Crippen LogP contribution in [0.2, 0.25) is 0 Å². The van der Waals surface area contributed by atoms with Gasteiger partial charge >= 0.3 is 0 Å². The van der Waals surface area contributed by atoms with Crippen LogP contribution in [0.15, 0.2) is 43.1 Å². The molecule has 0 saturated heterocycles. The molecular weight excluding hydrogens is 592 g/mol. The lowest BCUT2D eigenvalue weighted by Gasteiger charge is -2.21. The first-order chi connectivity index (χ1) is 22.6. The number of methoxy groups -OCH3 is 1. The molecule has 1 saturated carbocycles. The van der Waals surface area contributed by atoms with Gasteiger partial charge in [-0.1, -0.05) is 25.3 Å². The maximum Gasteiger partial charge on any atom is 0.257 e. The first-order valence-electron chi connectivity index (χ1n) is 15.5. The Morgan fingerprint density at radius 2 is 1.76 bits per heavy atom. The van der Waals surface area contributed by atoms with Crippen molar-refractivity contribution in [2.75, 3.05) is 52.1 Å². The number of benzene rings is 1. The molecule has 1 fully saturated rings. The van der Waals surface area contributed by atoms with E-state index in [9.17, 15) is 5.26 Å². The number of nitriles is 1. The Morgan fingerprint density at radius 3 is 2.48 bits per heavy atom. The largest absolute Gasteiger partial charge is 0.487 e. The lowest BCUT2D eigenvalue weighted by molar-refractivity contribution is 0.0176. The second-order valence-corrected chi connectivity index (χ2v) is 10.9. The SMILES string of the molecule is COCCOCCOCCOc1nn(C2CCCCC2)cc1Nc1ncc(-c2ccc(C#N)c(O[C@@H](C)Cn3cnnn3)c2)cn1. The van der Waals surface area contributed by atoms with Crippen LogP contribution in [0.4, 0.5) is 11.6 Å². The van der Waals surface area contributed by atoms with Gasteiger partial charge in [0.25, 0.3) is 5.88 Å². The van der Waals surface area contributed by atoms with Crippen molar-refractivity contribution >= 4 is 11.6 Å². The monoisotopic (exact) mass is 632 g/mol. The summed E-state index contributed by atoms with van der Waals surface area (Å²) in [6.07, 6.45) is 12.5. The molecule has 0 aliphatic heterocycles. The molecule has 3 aromatic heterocycles. The van der Waals surface area contributed by atoms with Crippen molar-refractivity contribution < 1.29 is 23.7 Å². The van der Waals surface area contributed by atoms with E-state index in [4.69, 9.17) is 28.8 Å². The van der Waals surface area contributed by atoms with Gasteiger partial charge in [-0.3, -0.25) is 4.68 Å². The Kier molecular flexibility index (Phi) is 12.2. The van der Waals surface area contributed by atoms with Gasteiger partial charge in [0.15, 0.2) is 0 Å². The van der Waals surface area contributed by atoms with Crippen LogP contribution in [-0.4, -0.2) is 92.8 Å². The van der Waals surface area contributed by atoms with Crippen molar-refractivity contribution in [3.63, 3.8) is 0 Å². The van der Waals surface area contributed by atoms with Crippen LogP contribution in [-0.2, 0) is 20.8 Å². The molecule has 1 aliphatic rings. The summed E-state index contributed by atoms with van der Waals surface area (Å²) in [5.41, 5.74) is 2.70. The molecule has 4 aromatic rings. The van der Waals surface area contributed by atoms with E-state index in [1.54, 1.807) is 30.3 Å². The molecule has 0 radical (unpaired) electrons. The Balaban J connectivity index is 1.22. The van der Waals surface area contributed by atoms with Gasteiger partial charge in [-0.05, 0) is 47.9 Å². The van der Waals surface area contributed by atoms with Crippen LogP contribution in [0.5, 0.6) is 11.6 Å². The number of hydrogen-bond donors (Lipinski definition) is 1. The first kappa shape index (κ1) is 32.7. The summed E-state index contributed by atoms with van der Waals surface area (Å²) >= 11 is 0. The Morgan fingerprint density at radius 1 is 1.00 bits per heavy atom. The van der Waals surface area contributed by atoms with Gasteiger partial charge in [0.05, 0.1) is 57.4 Å². The van der Waals surface area contributed by atoms with E-state index in [0.717, 1.165) is 24.0 Å². The fourth-order valence-electron chi connectivity index (χ4n) is 5.10. The highest BCUT2D eigenvalue weighted by molar-refractivity contribution is 5.67. The molecule has 1 atom stereocenters. The van der Waals surface area contributed by atoms with Gasteiger partial charge in [-0.15, -0.1) is 10.2 Å². The van der Waals surface area contributed by atoms with Crippen LogP contribution < -0.4 is 14.8 Å². The zero-order valence-electron chi connectivity index (χ0n) is 26.2. The van der Waals surface area contributed by atoms with Gasteiger partial charge in [-0.25, -0.2) is 14.6 Å². The summed E-state index contributed by atoms with van der Waals surface area (Å²) in [6, 6.07) is 7.90. The topological polar surface area (TPSA) is 169 Å². The van der Waals surface area contributed by atoms with Crippen LogP contribution in [0.3, 0.4) is 0 Å². The van der Waals surface area contributed by atoms with Crippen LogP contribution >= 0.6 is 0 Å². The van der Waals surface area contributed by atoms with Gasteiger partial charge < -0.3 is 29.0 Å². The molecule has 1 aliphatic carbocycles. The number of tetrazole rings is 1. The van der Waals surface area contributed by atoms with Crippen molar-refractivity contribution in [3.8, 4) is 28.8 Å². The molecule has 0 bridgehead atoms. The zero-order valence-corrected chi connectivity index (χ0v) is 26.2. The van der Waals surface area contributed by atoms with Crippen LogP contribution in [0.1, 0.15) is 50.6 Å². The van der Waals surface area contributed by atoms with Crippen molar-refractivity contribution in [1.29, 1.82) is 5.26 Å². The third-order valence-corrected chi connectivity index (χ3v) is 7.41. The van der Waals surface area contributed by atoms with Crippen molar-refractivity contribution in [2.45, 2.75) is 57.7 Å². The number of aromatic nitrogens is 8. The average molecular weight is 633 g/mol. The average Bonchev–Trinajstić information content (AvgIpc) is 3.74. The van der Waals surface area contributed by atoms with Crippen molar-refractivity contribution in [1.82, 2.24) is 40.0 Å². The summed E-state index contributed by atoms with van der Waals surface area (Å²) in [5, 5.41) is 28.8. The van der Waals surface area contributed by atoms with E-state index in [1.807, 2.05) is 29.9 Å². The molecule has 1 N–H and O–H groups in total. The molecule has 0 spiro atoms. The molecule has 46 heavy (non-hydrogen) atoms. The lowest BCUT2D eigenvalue weighted by Crippen LogP contribution is -2.20. The minimum Gasteiger partial charge on any atom is -0.487 e. The molecule has 3 heterocycles. The third-order valence-electron chi connectivity index (χ3n) is 7.41. The minimum atomic E-state index is -0.272. The van der Waals surface area contributed by atoms with Crippen molar-refractivity contribution in [2.24, 2.45) is 0 Å².